The first kappa shape index (κ1) is 53.4. The van der Waals surface area contributed by atoms with Crippen LogP contribution in [0.25, 0.3) is 0 Å². The second-order valence-electron chi connectivity index (χ2n) is 20.7. The number of cyclic esters (lactones) is 1. The molecular weight excluding hydrogens is 819 g/mol. The van der Waals surface area contributed by atoms with Gasteiger partial charge in [-0.2, -0.15) is 0 Å². The van der Waals surface area contributed by atoms with Gasteiger partial charge in [0.25, 0.3) is 5.91 Å². The number of amides is 1. The van der Waals surface area contributed by atoms with Gasteiger partial charge in [-0.1, -0.05) is 80.0 Å². The van der Waals surface area contributed by atoms with Gasteiger partial charge in [-0.05, 0) is 112 Å². The average molecular weight is 904 g/mol. The summed E-state index contributed by atoms with van der Waals surface area (Å²) in [6.45, 7) is 23.7. The molecule has 13 atom stereocenters. The zero-order chi connectivity index (χ0) is 46.9. The van der Waals surface area contributed by atoms with E-state index >= 15 is 0 Å². The number of carbonyl (C=O) groups excluding carboxylic acids is 4. The number of carbonyl (C=O) groups is 4. The maximum Gasteiger partial charge on any atom is 0.329 e. The van der Waals surface area contributed by atoms with E-state index < -0.39 is 74.6 Å². The number of nitrogens with zero attached hydrogens (tertiary/aromatic N) is 1. The number of ketones is 2. The van der Waals surface area contributed by atoms with Crippen molar-refractivity contribution in [3.8, 4) is 0 Å². The molecule has 0 aromatic rings. The summed E-state index contributed by atoms with van der Waals surface area (Å²) in [5, 5.41) is 10.6. The van der Waals surface area contributed by atoms with Crippen molar-refractivity contribution in [2.75, 3.05) is 27.9 Å². The number of methoxy groups -OCH3 is 3. The number of Topliss-reactive ketones (excluding diaryl/α,β-unsaturated/α-hetero) is 2. The standard InChI is InChI=1S/C50H85NO11Si/c1-29(2)63(30(3)4,31(5)6)62-41-28-38(52)20-18-32(7)23-33(8)24-43(58-13)48-44(59-14)26-35(10)47(60-48)45(54)49(55)51-22-16-15-17-39(51)50(56)61-46(36(41)11)34(9)25-37-19-21-40(53)42(27-37)57-12/h18,25,29-31,33,35-37,39-44,46-48,53H,15-17,19-24,26-28H2,1-14H3. The normalized spacial score (nSPS) is 35.7. The summed E-state index contributed by atoms with van der Waals surface area (Å²) in [5.41, 5.74) is 2.64. The summed E-state index contributed by atoms with van der Waals surface area (Å²) >= 11 is 0. The van der Waals surface area contributed by atoms with E-state index in [0.717, 1.165) is 24.0 Å². The second-order valence-corrected chi connectivity index (χ2v) is 26.1. The molecule has 1 saturated carbocycles. The summed E-state index contributed by atoms with van der Waals surface area (Å²) in [6, 6.07) is -0.979. The highest BCUT2D eigenvalue weighted by atomic mass is 28.4. The number of allylic oxidation sites excluding steroid dienone is 3. The van der Waals surface area contributed by atoms with E-state index in [-0.39, 0.29) is 71.8 Å². The van der Waals surface area contributed by atoms with E-state index in [9.17, 15) is 24.3 Å². The summed E-state index contributed by atoms with van der Waals surface area (Å²) in [6.07, 6.45) is 5.42. The Kier molecular flexibility index (Phi) is 20.3. The van der Waals surface area contributed by atoms with Crippen LogP contribution in [-0.4, -0.2) is 125 Å². The average Bonchev–Trinajstić information content (AvgIpc) is 3.24. The molecule has 13 unspecified atom stereocenters. The summed E-state index contributed by atoms with van der Waals surface area (Å²) < 4.78 is 38.4. The summed E-state index contributed by atoms with van der Waals surface area (Å²) in [5.74, 6) is -2.50. The number of esters is 1. The first-order valence-electron chi connectivity index (χ1n) is 24.2. The Morgan fingerprint density at radius 2 is 1.44 bits per heavy atom. The van der Waals surface area contributed by atoms with Crippen molar-refractivity contribution in [2.45, 2.75) is 218 Å². The van der Waals surface area contributed by atoms with Crippen LogP contribution in [0.4, 0.5) is 0 Å². The Labute approximate surface area is 381 Å². The molecule has 12 nitrogen and oxygen atoms in total. The van der Waals surface area contributed by atoms with E-state index in [1.807, 2.05) is 26.8 Å². The third kappa shape index (κ3) is 13.0. The number of fused-ring (bicyclic) bond motifs is 3. The van der Waals surface area contributed by atoms with Crippen LogP contribution in [0.3, 0.4) is 0 Å². The minimum Gasteiger partial charge on any atom is -0.456 e. The number of hydrogen-bond acceptors (Lipinski definition) is 11. The highest BCUT2D eigenvalue weighted by molar-refractivity contribution is 6.77. The summed E-state index contributed by atoms with van der Waals surface area (Å²) in [4.78, 5) is 59.4. The molecule has 1 aliphatic carbocycles. The molecule has 360 valence electrons. The van der Waals surface area contributed by atoms with Crippen LogP contribution in [0, 0.1) is 23.7 Å². The number of piperidine rings is 1. The maximum absolute atomic E-state index is 14.8. The molecule has 0 aromatic heterocycles. The Morgan fingerprint density at radius 1 is 0.825 bits per heavy atom. The van der Waals surface area contributed by atoms with Crippen LogP contribution in [0.15, 0.2) is 23.3 Å². The number of aliphatic hydroxyl groups is 1. The molecular formula is C50H85NO11Si. The van der Waals surface area contributed by atoms with Crippen LogP contribution >= 0.6 is 0 Å². The van der Waals surface area contributed by atoms with Crippen molar-refractivity contribution in [1.29, 1.82) is 0 Å². The van der Waals surface area contributed by atoms with Gasteiger partial charge in [0.2, 0.25) is 14.1 Å². The van der Waals surface area contributed by atoms with Gasteiger partial charge < -0.3 is 38.1 Å². The predicted octanol–water partition coefficient (Wildman–Crippen LogP) is 8.72. The highest BCUT2D eigenvalue weighted by Gasteiger charge is 2.50. The minimum atomic E-state index is -2.58. The molecule has 0 aromatic carbocycles. The van der Waals surface area contributed by atoms with Crippen molar-refractivity contribution in [1.82, 2.24) is 4.90 Å². The van der Waals surface area contributed by atoms with E-state index in [1.165, 1.54) is 4.90 Å². The maximum atomic E-state index is 14.8. The predicted molar refractivity (Wildman–Crippen MR) is 248 cm³/mol. The molecule has 4 aliphatic rings. The zero-order valence-corrected chi connectivity index (χ0v) is 42.4. The van der Waals surface area contributed by atoms with E-state index in [4.69, 9.17) is 28.1 Å². The lowest BCUT2D eigenvalue weighted by Crippen LogP contribution is -2.58. The molecule has 3 fully saturated rings. The molecule has 3 heterocycles. The van der Waals surface area contributed by atoms with Gasteiger partial charge in [-0.25, -0.2) is 4.79 Å². The monoisotopic (exact) mass is 904 g/mol. The summed E-state index contributed by atoms with van der Waals surface area (Å²) in [7, 11) is 2.30. The van der Waals surface area contributed by atoms with Gasteiger partial charge in [0.1, 0.15) is 30.1 Å². The lowest BCUT2D eigenvalue weighted by molar-refractivity contribution is -0.199. The van der Waals surface area contributed by atoms with Crippen LogP contribution in [0.5, 0.6) is 0 Å². The number of aliphatic hydroxyl groups excluding tert-OH is 1. The SMILES string of the molecule is COC1CC(C=C(C)C2OC(=O)C3CCCCN3C(=O)C(=O)C3OC(C(OC)CC(C)CC(C)=CCC(=O)CC(O[Si](C(C)C)(C(C)C)C(C)C)C2C)C(OC)CC3C)CCC1O. The van der Waals surface area contributed by atoms with E-state index in [1.54, 1.807) is 21.3 Å². The third-order valence-corrected chi connectivity index (χ3v) is 21.2. The first-order chi connectivity index (χ1) is 29.7. The van der Waals surface area contributed by atoms with E-state index in [0.29, 0.717) is 44.9 Å². The molecule has 13 heteroatoms. The fourth-order valence-corrected chi connectivity index (χ4v) is 17.3. The zero-order valence-electron chi connectivity index (χ0n) is 41.4. The number of hydrogen-bond donors (Lipinski definition) is 1. The van der Waals surface area contributed by atoms with Crippen molar-refractivity contribution in [3.05, 3.63) is 23.3 Å². The van der Waals surface area contributed by atoms with Crippen molar-refractivity contribution >= 4 is 31.8 Å². The highest BCUT2D eigenvalue weighted by Crippen LogP contribution is 2.45. The first-order valence-corrected chi connectivity index (χ1v) is 26.3. The van der Waals surface area contributed by atoms with Gasteiger partial charge in [0.15, 0.2) is 0 Å². The largest absolute Gasteiger partial charge is 0.456 e. The Hall–Kier alpha value is -2.26. The molecule has 0 spiro atoms. The fourth-order valence-electron chi connectivity index (χ4n) is 11.7. The van der Waals surface area contributed by atoms with Crippen molar-refractivity contribution in [3.63, 3.8) is 0 Å². The number of ether oxygens (including phenoxy) is 5. The molecule has 63 heavy (non-hydrogen) atoms. The van der Waals surface area contributed by atoms with Crippen LogP contribution in [0.1, 0.15) is 147 Å². The Morgan fingerprint density at radius 3 is 2.05 bits per heavy atom. The molecule has 2 bridgehead atoms. The van der Waals surface area contributed by atoms with Crippen molar-refractivity contribution < 1.29 is 52.4 Å². The van der Waals surface area contributed by atoms with Gasteiger partial charge in [-0.15, -0.1) is 0 Å². The molecule has 1 N–H and O–H groups in total. The third-order valence-electron chi connectivity index (χ3n) is 15.1. The fraction of sp³-hybridized carbons (Fsp3) is 0.840. The topological polar surface area (TPSA) is 147 Å². The Balaban J connectivity index is 1.86. The molecule has 4 rings (SSSR count). The van der Waals surface area contributed by atoms with Gasteiger partial charge in [0.05, 0.1) is 30.5 Å². The van der Waals surface area contributed by atoms with Crippen LogP contribution in [-0.2, 0) is 47.3 Å². The van der Waals surface area contributed by atoms with Crippen LogP contribution in [0.2, 0.25) is 16.6 Å². The quantitative estimate of drug-likeness (QED) is 0.0972. The molecule has 1 amide bonds. The molecule has 2 saturated heterocycles. The van der Waals surface area contributed by atoms with E-state index in [2.05, 4.69) is 61.5 Å². The molecule has 0 radical (unpaired) electrons. The van der Waals surface area contributed by atoms with Gasteiger partial charge >= 0.3 is 5.97 Å². The Bertz CT molecular complexity index is 1570. The minimum absolute atomic E-state index is 0.0517. The number of rotatable bonds is 10. The van der Waals surface area contributed by atoms with Gasteiger partial charge in [-0.3, -0.25) is 14.4 Å². The van der Waals surface area contributed by atoms with Gasteiger partial charge in [0, 0.05) is 46.6 Å². The lowest BCUT2D eigenvalue weighted by Gasteiger charge is -2.46. The lowest BCUT2D eigenvalue weighted by atomic mass is 9.82. The molecule has 3 aliphatic heterocycles. The second kappa shape index (κ2) is 24.0. The van der Waals surface area contributed by atoms with Crippen LogP contribution < -0.4 is 0 Å². The van der Waals surface area contributed by atoms with Crippen molar-refractivity contribution in [2.24, 2.45) is 23.7 Å². The smallest absolute Gasteiger partial charge is 0.329 e.